The van der Waals surface area contributed by atoms with E-state index >= 15 is 4.79 Å². The van der Waals surface area contributed by atoms with Gasteiger partial charge in [-0.25, -0.2) is 4.79 Å². The van der Waals surface area contributed by atoms with Crippen molar-refractivity contribution in [1.82, 2.24) is 20.1 Å². The van der Waals surface area contributed by atoms with Crippen molar-refractivity contribution in [2.24, 2.45) is 0 Å². The van der Waals surface area contributed by atoms with Crippen LogP contribution in [-0.2, 0) is 37.4 Å². The van der Waals surface area contributed by atoms with E-state index in [0.717, 1.165) is 33.3 Å². The third-order valence-electron chi connectivity index (χ3n) is 13.2. The minimum atomic E-state index is -1.51. The van der Waals surface area contributed by atoms with Gasteiger partial charge in [0.25, 0.3) is 0 Å². The van der Waals surface area contributed by atoms with E-state index < -0.39 is 46.6 Å². The number of likely N-dealkylation sites (N-methyl/N-ethyl adjacent to an activating group) is 1. The number of fused-ring (bicyclic) bond motifs is 8. The van der Waals surface area contributed by atoms with Crippen molar-refractivity contribution in [2.75, 3.05) is 46.5 Å². The molecule has 3 unspecified atom stereocenters. The second kappa shape index (κ2) is 13.8. The van der Waals surface area contributed by atoms with E-state index in [2.05, 4.69) is 26.2 Å². The standard InChI is InChI=1S/C44H50N4O10S/c1-20(2)54-15-25-13-27-26-10-8-9-11-28(26)45-41(27)44(46-25)18-59-40-32-31(39-38(56-19-57-39)22(4)37(32)58-23(5)49)29(16-55-42(44)51)48-34(40)33-30-24(14-43(48,52)17-47(33)6)12-21(3)36(53-7)35(30)50/h8-12,20,25,29,33-34,40,45-46,50,52H,13-19H2,1-7H3/t25?,29-,33-,34+,40+,43?,44+/m0/s1. The monoisotopic (exact) mass is 826 g/mol. The Balaban J connectivity index is 1.23. The predicted octanol–water partition coefficient (Wildman–Crippen LogP) is 4.98. The minimum absolute atomic E-state index is 0.0215. The summed E-state index contributed by atoms with van der Waals surface area (Å²) in [6.45, 7) is 9.48. The zero-order chi connectivity index (χ0) is 41.3. The number of carbonyl (C=O) groups excluding carboxylic acids is 2. The number of phenols is 1. The van der Waals surface area contributed by atoms with Gasteiger partial charge in [0, 0.05) is 70.9 Å². The van der Waals surface area contributed by atoms with E-state index in [0.29, 0.717) is 58.3 Å². The van der Waals surface area contributed by atoms with Gasteiger partial charge in [0.2, 0.25) is 6.79 Å². The number of aromatic amines is 1. The Hall–Kier alpha value is -4.51. The molecule has 0 saturated carbocycles. The van der Waals surface area contributed by atoms with Gasteiger partial charge in [-0.3, -0.25) is 19.9 Å². The first-order chi connectivity index (χ1) is 28.3. The Morgan fingerprint density at radius 1 is 1.10 bits per heavy atom. The Kier molecular flexibility index (Phi) is 9.02. The van der Waals surface area contributed by atoms with E-state index in [9.17, 15) is 15.0 Å². The van der Waals surface area contributed by atoms with Crippen LogP contribution < -0.4 is 24.3 Å². The number of esters is 2. The molecule has 2 fully saturated rings. The van der Waals surface area contributed by atoms with Crippen molar-refractivity contribution in [3.05, 3.63) is 75.0 Å². The van der Waals surface area contributed by atoms with E-state index in [1.54, 1.807) is 7.11 Å². The second-order valence-corrected chi connectivity index (χ2v) is 18.3. The Labute approximate surface area is 346 Å². The molecule has 1 spiro atoms. The Bertz CT molecular complexity index is 2440. The lowest BCUT2D eigenvalue weighted by atomic mass is 9.78. The van der Waals surface area contributed by atoms with Gasteiger partial charge in [0.1, 0.15) is 18.1 Å². The molecule has 4 aromatic rings. The number of ether oxygens (including phenoxy) is 6. The van der Waals surface area contributed by atoms with E-state index in [-0.39, 0.29) is 50.0 Å². The number of methoxy groups -OCH3 is 1. The number of thioether (sulfide) groups is 1. The largest absolute Gasteiger partial charge is 0.504 e. The number of aromatic nitrogens is 1. The number of benzene rings is 3. The van der Waals surface area contributed by atoms with Gasteiger partial charge in [-0.2, -0.15) is 0 Å². The van der Waals surface area contributed by atoms with Gasteiger partial charge >= 0.3 is 11.9 Å². The minimum Gasteiger partial charge on any atom is -0.504 e. The molecule has 0 radical (unpaired) electrons. The summed E-state index contributed by atoms with van der Waals surface area (Å²) in [6, 6.07) is 8.00. The molecule has 4 bridgehead atoms. The van der Waals surface area contributed by atoms with Crippen molar-refractivity contribution in [3.8, 4) is 28.7 Å². The molecule has 1 aromatic heterocycles. The maximum absolute atomic E-state index is 15.3. The van der Waals surface area contributed by atoms with Crippen LogP contribution in [0, 0.1) is 13.8 Å². The van der Waals surface area contributed by atoms with Gasteiger partial charge in [0.05, 0.1) is 42.8 Å². The number of piperazine rings is 1. The highest BCUT2D eigenvalue weighted by Gasteiger charge is 2.64. The van der Waals surface area contributed by atoms with Gasteiger partial charge in [-0.1, -0.05) is 24.3 Å². The van der Waals surface area contributed by atoms with E-state index in [1.165, 1.54) is 18.7 Å². The molecule has 59 heavy (non-hydrogen) atoms. The Morgan fingerprint density at radius 2 is 1.88 bits per heavy atom. The fourth-order valence-electron chi connectivity index (χ4n) is 11.1. The zero-order valence-electron chi connectivity index (χ0n) is 34.3. The molecule has 0 aliphatic carbocycles. The van der Waals surface area contributed by atoms with Gasteiger partial charge in [-0.05, 0) is 63.9 Å². The van der Waals surface area contributed by atoms with Crippen LogP contribution in [0.25, 0.3) is 10.9 Å². The van der Waals surface area contributed by atoms with E-state index in [4.69, 9.17) is 28.4 Å². The van der Waals surface area contributed by atoms with Crippen LogP contribution in [0.2, 0.25) is 0 Å². The third-order valence-corrected chi connectivity index (χ3v) is 14.7. The summed E-state index contributed by atoms with van der Waals surface area (Å²) in [7, 11) is 3.51. The summed E-state index contributed by atoms with van der Waals surface area (Å²) in [4.78, 5) is 36.1. The molecule has 15 heteroatoms. The van der Waals surface area contributed by atoms with Crippen molar-refractivity contribution in [1.29, 1.82) is 0 Å². The smallest absolute Gasteiger partial charge is 0.333 e. The molecule has 8 aliphatic heterocycles. The van der Waals surface area contributed by atoms with Crippen molar-refractivity contribution in [2.45, 2.75) is 94.2 Å². The second-order valence-electron chi connectivity index (χ2n) is 17.2. The maximum Gasteiger partial charge on any atom is 0.333 e. The first-order valence-electron chi connectivity index (χ1n) is 20.3. The summed E-state index contributed by atoms with van der Waals surface area (Å²) in [5, 5.41) is 29.6. The number of carbonyl (C=O) groups is 2. The van der Waals surface area contributed by atoms with Crippen LogP contribution in [-0.4, -0.2) is 107 Å². The molecule has 9 heterocycles. The number of aliphatic hydroxyl groups is 1. The molecule has 4 N–H and O–H groups in total. The molecule has 14 nitrogen and oxygen atoms in total. The first kappa shape index (κ1) is 38.7. The van der Waals surface area contributed by atoms with Crippen LogP contribution in [0.1, 0.15) is 82.7 Å². The molecule has 0 amide bonds. The van der Waals surface area contributed by atoms with Crippen molar-refractivity contribution in [3.63, 3.8) is 0 Å². The molecule has 12 rings (SSSR count). The van der Waals surface area contributed by atoms with Crippen molar-refractivity contribution < 1.29 is 48.2 Å². The SMILES string of the molecule is COc1c(C)cc2c(c1O)[C@H]1[C@@H]3[C@@H]4SC[C@]5(NC(COC(C)C)Cc6c5[nH]c5ccccc65)C(=O)OC[C@@H](c5c6c(c(C)c(OC(C)=O)c54)OCO6)N3C(O)(C2)CN1C. The first-order valence-corrected chi connectivity index (χ1v) is 21.3. The number of nitrogens with one attached hydrogen (secondary N) is 2. The summed E-state index contributed by atoms with van der Waals surface area (Å²) in [5.41, 5.74) is 4.01. The highest BCUT2D eigenvalue weighted by molar-refractivity contribution is 7.99. The average Bonchev–Trinajstić information content (AvgIpc) is 3.78. The maximum atomic E-state index is 15.3. The Morgan fingerprint density at radius 3 is 2.64 bits per heavy atom. The van der Waals surface area contributed by atoms with Crippen LogP contribution in [0.4, 0.5) is 0 Å². The number of hydrogen-bond acceptors (Lipinski definition) is 14. The molecule has 312 valence electrons. The number of aryl methyl sites for hydroxylation is 1. The van der Waals surface area contributed by atoms with Crippen LogP contribution in [0.15, 0.2) is 30.3 Å². The fraction of sp³-hybridized carbons (Fsp3) is 0.500. The lowest BCUT2D eigenvalue weighted by Crippen LogP contribution is -2.70. The third kappa shape index (κ3) is 5.58. The number of H-pyrrole nitrogens is 1. The molecule has 8 aliphatic rings. The van der Waals surface area contributed by atoms with Crippen LogP contribution in [0.3, 0.4) is 0 Å². The number of phenolic OH excluding ortho intramolecular Hbond substituents is 1. The summed E-state index contributed by atoms with van der Waals surface area (Å²) in [6.07, 6.45) is 0.790. The lowest BCUT2D eigenvalue weighted by Gasteiger charge is -2.60. The predicted molar refractivity (Wildman–Crippen MR) is 218 cm³/mol. The van der Waals surface area contributed by atoms with Gasteiger partial charge < -0.3 is 43.6 Å². The molecular formula is C44H50N4O10S. The quantitative estimate of drug-likeness (QED) is 0.158. The number of aromatic hydroxyl groups is 1. The highest BCUT2D eigenvalue weighted by Crippen LogP contribution is 2.65. The fourth-order valence-corrected chi connectivity index (χ4v) is 12.8. The summed E-state index contributed by atoms with van der Waals surface area (Å²) < 4.78 is 37.2. The normalized spacial score (nSPS) is 30.4. The van der Waals surface area contributed by atoms with E-state index in [1.807, 2.05) is 59.0 Å². The lowest BCUT2D eigenvalue weighted by molar-refractivity contribution is -0.215. The number of rotatable bonds is 5. The van der Waals surface area contributed by atoms with Gasteiger partial charge in [0.15, 0.2) is 28.5 Å². The molecule has 2 saturated heterocycles. The number of hydrogen-bond donors (Lipinski definition) is 4. The summed E-state index contributed by atoms with van der Waals surface area (Å²) in [5.74, 6) is 0.901. The topological polar surface area (TPSA) is 164 Å². The van der Waals surface area contributed by atoms with Gasteiger partial charge in [-0.15, -0.1) is 11.8 Å². The molecular weight excluding hydrogens is 777 g/mol. The molecule has 8 atom stereocenters. The summed E-state index contributed by atoms with van der Waals surface area (Å²) >= 11 is 1.53. The van der Waals surface area contributed by atoms with Crippen LogP contribution in [0.5, 0.6) is 28.7 Å². The van der Waals surface area contributed by atoms with Crippen molar-refractivity contribution >= 4 is 34.6 Å². The molecule has 3 aromatic carbocycles. The number of nitrogens with zero attached hydrogens (tertiary/aromatic N) is 2. The average molecular weight is 827 g/mol. The zero-order valence-corrected chi connectivity index (χ0v) is 35.1. The highest BCUT2D eigenvalue weighted by atomic mass is 32.2. The van der Waals surface area contributed by atoms with Crippen LogP contribution >= 0.6 is 11.8 Å². The number of para-hydroxylation sites is 1.